The minimum absolute atomic E-state index is 0.0979. The molecular weight excluding hydrogens is 273 g/mol. The number of hydrogen-bond donors (Lipinski definition) is 1. The number of fused-ring (bicyclic) bond motifs is 1. The van der Waals surface area contributed by atoms with Crippen LogP contribution in [0.4, 0.5) is 0 Å². The predicted octanol–water partition coefficient (Wildman–Crippen LogP) is 2.52. The molecule has 0 saturated carbocycles. The number of hydrogen-bond acceptors (Lipinski definition) is 4. The van der Waals surface area contributed by atoms with Crippen LogP contribution in [0.3, 0.4) is 0 Å². The van der Waals surface area contributed by atoms with Crippen LogP contribution in [-0.2, 0) is 9.05 Å². The molecule has 1 heterocycles. The molecule has 4 nitrogen and oxygen atoms in total. The van der Waals surface area contributed by atoms with Crippen LogP contribution in [0, 0.1) is 0 Å². The highest BCUT2D eigenvalue weighted by atomic mass is 35.7. The molecule has 2 rings (SSSR count). The number of nitrogens with zero attached hydrogens (tertiary/aromatic N) is 1. The van der Waals surface area contributed by atoms with Crippen LogP contribution in [0.15, 0.2) is 29.3 Å². The van der Waals surface area contributed by atoms with Crippen LogP contribution in [0.2, 0.25) is 5.15 Å². The van der Waals surface area contributed by atoms with Crippen molar-refractivity contribution >= 4 is 42.1 Å². The van der Waals surface area contributed by atoms with E-state index in [0.717, 1.165) is 6.20 Å². The minimum Gasteiger partial charge on any atom is -0.506 e. The van der Waals surface area contributed by atoms with E-state index in [0.29, 0.717) is 10.8 Å². The third-order valence-electron chi connectivity index (χ3n) is 2.07. The molecule has 0 bridgehead atoms. The van der Waals surface area contributed by atoms with Gasteiger partial charge in [-0.2, -0.15) is 0 Å². The van der Waals surface area contributed by atoms with Gasteiger partial charge >= 0.3 is 0 Å². The topological polar surface area (TPSA) is 67.3 Å². The summed E-state index contributed by atoms with van der Waals surface area (Å²) in [6.45, 7) is 0. The van der Waals surface area contributed by atoms with Crippen LogP contribution in [0.1, 0.15) is 0 Å². The van der Waals surface area contributed by atoms with Gasteiger partial charge in [0.25, 0.3) is 9.05 Å². The molecule has 0 saturated heterocycles. The Balaban J connectivity index is 2.86. The first-order chi connectivity index (χ1) is 7.39. The second-order valence-electron chi connectivity index (χ2n) is 3.08. The molecule has 0 atom stereocenters. The van der Waals surface area contributed by atoms with Gasteiger partial charge in [-0.25, -0.2) is 13.4 Å². The lowest BCUT2D eigenvalue weighted by Crippen LogP contribution is -1.91. The minimum atomic E-state index is -3.83. The van der Waals surface area contributed by atoms with E-state index in [1.807, 2.05) is 0 Å². The molecule has 0 unspecified atom stereocenters. The molecule has 0 aliphatic rings. The zero-order chi connectivity index (χ0) is 11.9. The Labute approximate surface area is 101 Å². The maximum absolute atomic E-state index is 11.1. The Morgan fingerprint density at radius 1 is 1.25 bits per heavy atom. The fourth-order valence-corrected chi connectivity index (χ4v) is 2.31. The van der Waals surface area contributed by atoms with Crippen molar-refractivity contribution in [1.29, 1.82) is 0 Å². The van der Waals surface area contributed by atoms with Crippen LogP contribution in [0.25, 0.3) is 10.8 Å². The van der Waals surface area contributed by atoms with E-state index in [1.165, 1.54) is 18.2 Å². The van der Waals surface area contributed by atoms with Gasteiger partial charge in [0.15, 0.2) is 0 Å². The van der Waals surface area contributed by atoms with Crippen molar-refractivity contribution < 1.29 is 13.5 Å². The van der Waals surface area contributed by atoms with Gasteiger partial charge in [-0.05, 0) is 18.2 Å². The Morgan fingerprint density at radius 2 is 1.94 bits per heavy atom. The lowest BCUT2D eigenvalue weighted by atomic mass is 10.2. The normalized spacial score (nSPS) is 11.9. The second-order valence-corrected chi connectivity index (χ2v) is 6.00. The highest BCUT2D eigenvalue weighted by Crippen LogP contribution is 2.31. The number of pyridine rings is 1. The second kappa shape index (κ2) is 3.76. The number of halogens is 2. The maximum atomic E-state index is 11.1. The van der Waals surface area contributed by atoms with Crippen LogP contribution in [-0.4, -0.2) is 18.5 Å². The zero-order valence-corrected chi connectivity index (χ0v) is 10.0. The molecule has 1 N–H and O–H groups in total. The van der Waals surface area contributed by atoms with Crippen molar-refractivity contribution in [1.82, 2.24) is 4.98 Å². The van der Waals surface area contributed by atoms with Crippen molar-refractivity contribution in [2.45, 2.75) is 4.90 Å². The molecule has 2 aromatic rings. The summed E-state index contributed by atoms with van der Waals surface area (Å²) < 4.78 is 22.2. The molecule has 7 heteroatoms. The molecule has 1 aromatic heterocycles. The van der Waals surface area contributed by atoms with Crippen molar-refractivity contribution in [2.75, 3.05) is 0 Å². The van der Waals surface area contributed by atoms with E-state index in [-0.39, 0.29) is 15.8 Å². The van der Waals surface area contributed by atoms with Gasteiger partial charge in [-0.15, -0.1) is 0 Å². The molecule has 0 amide bonds. The number of aromatic nitrogens is 1. The first-order valence-corrected chi connectivity index (χ1v) is 6.80. The average Bonchev–Trinajstić information content (AvgIpc) is 2.22. The smallest absolute Gasteiger partial charge is 0.261 e. The fraction of sp³-hybridized carbons (Fsp3) is 0. The standard InChI is InChI=1S/C9H5Cl2NO3S/c10-9-6-2-1-5(16(11,14)15)3-7(6)8(13)4-12-9/h1-4,13H. The quantitative estimate of drug-likeness (QED) is 0.643. The lowest BCUT2D eigenvalue weighted by molar-refractivity contribution is 0.479. The lowest BCUT2D eigenvalue weighted by Gasteiger charge is -2.03. The summed E-state index contributed by atoms with van der Waals surface area (Å²) in [5.74, 6) is -0.151. The Kier molecular flexibility index (Phi) is 2.69. The molecule has 0 radical (unpaired) electrons. The summed E-state index contributed by atoms with van der Waals surface area (Å²) >= 11 is 5.79. The molecule has 84 valence electrons. The first kappa shape index (κ1) is 11.4. The Hall–Kier alpha value is -1.04. The first-order valence-electron chi connectivity index (χ1n) is 4.11. The number of benzene rings is 1. The van der Waals surface area contributed by atoms with E-state index in [1.54, 1.807) is 0 Å². The SMILES string of the molecule is O=S(=O)(Cl)c1ccc2c(Cl)ncc(O)c2c1. The van der Waals surface area contributed by atoms with Gasteiger partial charge in [-0.1, -0.05) is 11.6 Å². The third kappa shape index (κ3) is 1.93. The van der Waals surface area contributed by atoms with Crippen molar-refractivity contribution in [2.24, 2.45) is 0 Å². The van der Waals surface area contributed by atoms with Gasteiger partial charge in [0.1, 0.15) is 10.9 Å². The molecule has 0 spiro atoms. The van der Waals surface area contributed by atoms with Gasteiger partial charge in [-0.3, -0.25) is 0 Å². The molecule has 0 aliphatic carbocycles. The Bertz CT molecular complexity index is 670. The van der Waals surface area contributed by atoms with E-state index in [4.69, 9.17) is 22.3 Å². The van der Waals surface area contributed by atoms with Crippen molar-refractivity contribution in [3.63, 3.8) is 0 Å². The van der Waals surface area contributed by atoms with E-state index < -0.39 is 9.05 Å². The molecule has 1 aromatic carbocycles. The summed E-state index contributed by atoms with van der Waals surface area (Å²) in [6, 6.07) is 4.00. The van der Waals surface area contributed by atoms with Gasteiger partial charge < -0.3 is 5.11 Å². The number of rotatable bonds is 1. The summed E-state index contributed by atoms with van der Waals surface area (Å²) in [5.41, 5.74) is 0. The summed E-state index contributed by atoms with van der Waals surface area (Å²) in [4.78, 5) is 3.63. The average molecular weight is 278 g/mol. The molecule has 0 fully saturated rings. The van der Waals surface area contributed by atoms with E-state index >= 15 is 0 Å². The summed E-state index contributed by atoms with van der Waals surface area (Å²) in [7, 11) is 1.37. The largest absolute Gasteiger partial charge is 0.506 e. The fourth-order valence-electron chi connectivity index (χ4n) is 1.32. The monoisotopic (exact) mass is 277 g/mol. The van der Waals surface area contributed by atoms with E-state index in [9.17, 15) is 13.5 Å². The Morgan fingerprint density at radius 3 is 2.56 bits per heavy atom. The van der Waals surface area contributed by atoms with Crippen LogP contribution < -0.4 is 0 Å². The van der Waals surface area contributed by atoms with E-state index in [2.05, 4.69) is 4.98 Å². The van der Waals surface area contributed by atoms with Crippen LogP contribution >= 0.6 is 22.3 Å². The molecule has 0 aliphatic heterocycles. The third-order valence-corrected chi connectivity index (χ3v) is 3.72. The van der Waals surface area contributed by atoms with Gasteiger partial charge in [0.05, 0.1) is 11.1 Å². The zero-order valence-electron chi connectivity index (χ0n) is 7.68. The summed E-state index contributed by atoms with van der Waals surface area (Å²) in [6.07, 6.45) is 1.15. The van der Waals surface area contributed by atoms with Gasteiger partial charge in [0, 0.05) is 21.5 Å². The maximum Gasteiger partial charge on any atom is 0.261 e. The molecule has 16 heavy (non-hydrogen) atoms. The van der Waals surface area contributed by atoms with Crippen molar-refractivity contribution in [3.8, 4) is 5.75 Å². The molecular formula is C9H5Cl2NO3S. The van der Waals surface area contributed by atoms with Crippen molar-refractivity contribution in [3.05, 3.63) is 29.5 Å². The van der Waals surface area contributed by atoms with Gasteiger partial charge in [0.2, 0.25) is 0 Å². The summed E-state index contributed by atoms with van der Waals surface area (Å²) in [5, 5.41) is 10.5. The number of aromatic hydroxyl groups is 1. The van der Waals surface area contributed by atoms with Crippen LogP contribution in [0.5, 0.6) is 5.75 Å². The highest BCUT2D eigenvalue weighted by Gasteiger charge is 2.13. The highest BCUT2D eigenvalue weighted by molar-refractivity contribution is 8.13. The predicted molar refractivity (Wildman–Crippen MR) is 61.5 cm³/mol.